The summed E-state index contributed by atoms with van der Waals surface area (Å²) in [6.45, 7) is 0.927. The predicted octanol–water partition coefficient (Wildman–Crippen LogP) is 3.98. The molecule has 0 saturated heterocycles. The van der Waals surface area contributed by atoms with Crippen LogP contribution in [0.5, 0.6) is 5.75 Å². The highest BCUT2D eigenvalue weighted by Crippen LogP contribution is 2.22. The maximum atomic E-state index is 11.6. The number of nitrogens with zero attached hydrogens (tertiary/aromatic N) is 1. The molecule has 0 spiro atoms. The fourth-order valence-corrected chi connectivity index (χ4v) is 2.00. The molecule has 116 valence electrons. The van der Waals surface area contributed by atoms with Gasteiger partial charge in [0, 0.05) is 17.8 Å². The van der Waals surface area contributed by atoms with Crippen LogP contribution in [0.1, 0.15) is 6.42 Å². The van der Waals surface area contributed by atoms with Crippen molar-refractivity contribution >= 4 is 35.1 Å². The van der Waals surface area contributed by atoms with Crippen LogP contribution in [-0.2, 0) is 0 Å². The molecule has 2 aromatic rings. The fraction of sp³-hybridized carbons (Fsp3) is 0.200. The van der Waals surface area contributed by atoms with Gasteiger partial charge in [-0.1, -0.05) is 35.3 Å². The molecule has 0 aliphatic heterocycles. The normalized spacial score (nSPS) is 10.1. The van der Waals surface area contributed by atoms with Crippen LogP contribution in [0.4, 0.5) is 10.6 Å². The smallest absolute Gasteiger partial charge is 0.320 e. The van der Waals surface area contributed by atoms with Crippen molar-refractivity contribution in [2.24, 2.45) is 0 Å². The third kappa shape index (κ3) is 5.42. The van der Waals surface area contributed by atoms with E-state index in [9.17, 15) is 4.79 Å². The van der Waals surface area contributed by atoms with Gasteiger partial charge in [-0.15, -0.1) is 0 Å². The maximum absolute atomic E-state index is 11.6. The first-order valence-electron chi connectivity index (χ1n) is 6.69. The Labute approximate surface area is 138 Å². The Morgan fingerprint density at radius 3 is 2.82 bits per heavy atom. The molecule has 2 rings (SSSR count). The molecule has 2 N–H and O–H groups in total. The summed E-state index contributed by atoms with van der Waals surface area (Å²) >= 11 is 11.8. The molecular formula is C15H15Cl2N3O2. The van der Waals surface area contributed by atoms with Crippen molar-refractivity contribution in [2.75, 3.05) is 18.5 Å². The molecule has 0 fully saturated rings. The van der Waals surface area contributed by atoms with Crippen molar-refractivity contribution < 1.29 is 9.53 Å². The van der Waals surface area contributed by atoms with Crippen molar-refractivity contribution in [1.82, 2.24) is 10.3 Å². The van der Waals surface area contributed by atoms with Crippen molar-refractivity contribution in [3.8, 4) is 5.75 Å². The number of hydrogen-bond donors (Lipinski definition) is 2. The molecule has 0 aliphatic carbocycles. The molecule has 0 saturated carbocycles. The summed E-state index contributed by atoms with van der Waals surface area (Å²) in [6.07, 6.45) is 2.18. The highest BCUT2D eigenvalue weighted by atomic mass is 35.5. The van der Waals surface area contributed by atoms with Gasteiger partial charge in [-0.05, 0) is 30.7 Å². The van der Waals surface area contributed by atoms with Gasteiger partial charge in [0.1, 0.15) is 11.6 Å². The number of ether oxygens (including phenoxy) is 1. The minimum absolute atomic E-state index is 0.340. The van der Waals surface area contributed by atoms with E-state index in [1.165, 1.54) is 6.20 Å². The van der Waals surface area contributed by atoms with Gasteiger partial charge in [0.2, 0.25) is 0 Å². The van der Waals surface area contributed by atoms with Gasteiger partial charge in [0.25, 0.3) is 0 Å². The number of carbonyl (C=O) groups excluding carboxylic acids is 1. The second-order valence-electron chi connectivity index (χ2n) is 4.37. The molecule has 1 aromatic heterocycles. The largest absolute Gasteiger partial charge is 0.492 e. The van der Waals surface area contributed by atoms with Gasteiger partial charge in [0.15, 0.2) is 0 Å². The van der Waals surface area contributed by atoms with E-state index in [1.54, 1.807) is 24.3 Å². The summed E-state index contributed by atoms with van der Waals surface area (Å²) in [4.78, 5) is 15.6. The molecule has 7 heteroatoms. The number of para-hydroxylation sites is 1. The minimum atomic E-state index is -0.340. The third-order valence-corrected chi connectivity index (χ3v) is 3.21. The molecule has 0 unspecified atom stereocenters. The Morgan fingerprint density at radius 2 is 2.05 bits per heavy atom. The molecule has 1 aromatic carbocycles. The monoisotopic (exact) mass is 339 g/mol. The van der Waals surface area contributed by atoms with Crippen molar-refractivity contribution in [2.45, 2.75) is 6.42 Å². The standard InChI is InChI=1S/C15H15Cl2N3O2/c16-11-6-8-18-14(10-11)20-15(21)19-7-3-9-22-13-5-2-1-4-12(13)17/h1-2,4-6,8,10H,3,7,9H2,(H2,18,19,20,21). The highest BCUT2D eigenvalue weighted by Gasteiger charge is 2.03. The Balaban J connectivity index is 1.64. The molecule has 0 radical (unpaired) electrons. The molecule has 0 bridgehead atoms. The van der Waals surface area contributed by atoms with Gasteiger partial charge in [0.05, 0.1) is 11.6 Å². The van der Waals surface area contributed by atoms with Crippen molar-refractivity contribution in [3.63, 3.8) is 0 Å². The number of rotatable bonds is 6. The first kappa shape index (κ1) is 16.4. The van der Waals surface area contributed by atoms with E-state index in [0.29, 0.717) is 41.2 Å². The van der Waals surface area contributed by atoms with Crippen LogP contribution in [0.3, 0.4) is 0 Å². The summed E-state index contributed by atoms with van der Waals surface area (Å²) in [6, 6.07) is 10.1. The van der Waals surface area contributed by atoms with Crippen LogP contribution < -0.4 is 15.4 Å². The van der Waals surface area contributed by atoms with Crippen LogP contribution >= 0.6 is 23.2 Å². The highest BCUT2D eigenvalue weighted by molar-refractivity contribution is 6.32. The van der Waals surface area contributed by atoms with E-state index in [1.807, 2.05) is 12.1 Å². The third-order valence-electron chi connectivity index (χ3n) is 2.66. The Hall–Kier alpha value is -1.98. The summed E-state index contributed by atoms with van der Waals surface area (Å²) < 4.78 is 5.52. The van der Waals surface area contributed by atoms with E-state index >= 15 is 0 Å². The number of aromatic nitrogens is 1. The van der Waals surface area contributed by atoms with Gasteiger partial charge < -0.3 is 10.1 Å². The molecule has 1 heterocycles. The van der Waals surface area contributed by atoms with E-state index in [2.05, 4.69) is 15.6 Å². The fourth-order valence-electron chi connectivity index (χ4n) is 1.65. The van der Waals surface area contributed by atoms with E-state index in [0.717, 1.165) is 0 Å². The lowest BCUT2D eigenvalue weighted by Gasteiger charge is -2.09. The molecule has 2 amide bonds. The average Bonchev–Trinajstić information content (AvgIpc) is 2.48. The number of urea groups is 1. The number of amides is 2. The summed E-state index contributed by atoms with van der Waals surface area (Å²) in [5, 5.41) is 6.38. The zero-order valence-electron chi connectivity index (χ0n) is 11.7. The van der Waals surface area contributed by atoms with Gasteiger partial charge in [-0.2, -0.15) is 0 Å². The van der Waals surface area contributed by atoms with Gasteiger partial charge in [-0.3, -0.25) is 5.32 Å². The number of nitrogens with one attached hydrogen (secondary N) is 2. The lowest BCUT2D eigenvalue weighted by atomic mass is 10.3. The number of halogens is 2. The maximum Gasteiger partial charge on any atom is 0.320 e. The number of pyridine rings is 1. The van der Waals surface area contributed by atoms with Gasteiger partial charge in [-0.25, -0.2) is 9.78 Å². The van der Waals surface area contributed by atoms with Crippen LogP contribution in [-0.4, -0.2) is 24.2 Å². The average molecular weight is 340 g/mol. The molecular weight excluding hydrogens is 325 g/mol. The predicted molar refractivity (Wildman–Crippen MR) is 87.8 cm³/mol. The number of hydrogen-bond acceptors (Lipinski definition) is 3. The second kappa shape index (κ2) is 8.46. The lowest BCUT2D eigenvalue weighted by Crippen LogP contribution is -2.30. The van der Waals surface area contributed by atoms with E-state index in [-0.39, 0.29) is 6.03 Å². The van der Waals surface area contributed by atoms with Crippen LogP contribution in [0, 0.1) is 0 Å². The minimum Gasteiger partial charge on any atom is -0.492 e. The van der Waals surface area contributed by atoms with Crippen LogP contribution in [0.15, 0.2) is 42.6 Å². The first-order chi connectivity index (χ1) is 10.6. The molecule has 22 heavy (non-hydrogen) atoms. The lowest BCUT2D eigenvalue weighted by molar-refractivity contribution is 0.250. The van der Waals surface area contributed by atoms with Crippen molar-refractivity contribution in [3.05, 3.63) is 52.6 Å². The second-order valence-corrected chi connectivity index (χ2v) is 5.22. The topological polar surface area (TPSA) is 63.2 Å². The van der Waals surface area contributed by atoms with Gasteiger partial charge >= 0.3 is 6.03 Å². The molecule has 0 atom stereocenters. The first-order valence-corrected chi connectivity index (χ1v) is 7.44. The zero-order chi connectivity index (χ0) is 15.8. The van der Waals surface area contributed by atoms with Crippen LogP contribution in [0.25, 0.3) is 0 Å². The van der Waals surface area contributed by atoms with E-state index < -0.39 is 0 Å². The Morgan fingerprint density at radius 1 is 1.23 bits per heavy atom. The van der Waals surface area contributed by atoms with Crippen LogP contribution in [0.2, 0.25) is 10.0 Å². The quantitative estimate of drug-likeness (QED) is 0.782. The number of carbonyl (C=O) groups is 1. The SMILES string of the molecule is O=C(NCCCOc1ccccc1Cl)Nc1cc(Cl)ccn1. The Bertz CT molecular complexity index is 638. The summed E-state index contributed by atoms with van der Waals surface area (Å²) in [5.41, 5.74) is 0. The number of anilines is 1. The molecule has 0 aliphatic rings. The zero-order valence-corrected chi connectivity index (χ0v) is 13.2. The van der Waals surface area contributed by atoms with E-state index in [4.69, 9.17) is 27.9 Å². The molecule has 5 nitrogen and oxygen atoms in total. The summed E-state index contributed by atoms with van der Waals surface area (Å²) in [7, 11) is 0. The van der Waals surface area contributed by atoms with Crippen molar-refractivity contribution in [1.29, 1.82) is 0 Å². The number of benzene rings is 1. The Kier molecular flexibility index (Phi) is 6.30. The summed E-state index contributed by atoms with van der Waals surface area (Å²) in [5.74, 6) is 1.04.